The van der Waals surface area contributed by atoms with Gasteiger partial charge in [-0.2, -0.15) is 0 Å². The number of carbonyl (C=O) groups is 1. The zero-order valence-electron chi connectivity index (χ0n) is 13.1. The lowest BCUT2D eigenvalue weighted by atomic mass is 10.1. The van der Waals surface area contributed by atoms with E-state index in [2.05, 4.69) is 4.98 Å². The van der Waals surface area contributed by atoms with Gasteiger partial charge in [0.25, 0.3) is 5.56 Å². The van der Waals surface area contributed by atoms with E-state index in [0.717, 1.165) is 12.1 Å². The molecule has 0 bridgehead atoms. The highest BCUT2D eigenvalue weighted by atomic mass is 19.1. The summed E-state index contributed by atoms with van der Waals surface area (Å²) in [6.07, 6.45) is 3.04. The van der Waals surface area contributed by atoms with Crippen molar-refractivity contribution in [3.05, 3.63) is 58.1 Å². The van der Waals surface area contributed by atoms with Crippen molar-refractivity contribution in [2.45, 2.75) is 6.54 Å². The van der Waals surface area contributed by atoms with Gasteiger partial charge in [0.15, 0.2) is 5.82 Å². The van der Waals surface area contributed by atoms with E-state index >= 15 is 0 Å². The van der Waals surface area contributed by atoms with Crippen LogP contribution in [0.2, 0.25) is 0 Å². The first kappa shape index (κ1) is 16.1. The molecule has 1 aliphatic rings. The Hall–Kier alpha value is -2.77. The summed E-state index contributed by atoms with van der Waals surface area (Å²) in [6.45, 7) is 0.810. The number of anilines is 1. The number of benzene rings is 1. The van der Waals surface area contributed by atoms with E-state index < -0.39 is 11.6 Å². The lowest BCUT2D eigenvalue weighted by molar-refractivity contribution is -0.131. The molecule has 0 atom stereocenters. The van der Waals surface area contributed by atoms with Crippen molar-refractivity contribution in [3.63, 3.8) is 0 Å². The number of piperazine rings is 1. The molecule has 2 heterocycles. The normalized spacial score (nSPS) is 15.0. The molecular weight excluding hydrogens is 318 g/mol. The van der Waals surface area contributed by atoms with Crippen LogP contribution in [0, 0.1) is 11.6 Å². The largest absolute Gasteiger partial charge is 0.341 e. The molecule has 0 spiro atoms. The molecule has 0 unspecified atom stereocenters. The van der Waals surface area contributed by atoms with Gasteiger partial charge in [0, 0.05) is 50.7 Å². The Balaban J connectivity index is 1.72. The van der Waals surface area contributed by atoms with Gasteiger partial charge >= 0.3 is 0 Å². The Labute approximate surface area is 136 Å². The van der Waals surface area contributed by atoms with Gasteiger partial charge in [0.1, 0.15) is 11.6 Å². The highest BCUT2D eigenvalue weighted by Gasteiger charge is 2.27. The molecule has 24 heavy (non-hydrogen) atoms. The predicted octanol–water partition coefficient (Wildman–Crippen LogP) is 0.907. The SMILES string of the molecule is Cn1ccnc(N2CCN(Cc3ccc(F)cc3F)C(=O)C2)c1=O. The van der Waals surface area contributed by atoms with Crippen LogP contribution in [0.1, 0.15) is 5.56 Å². The molecule has 8 heteroatoms. The maximum atomic E-state index is 13.7. The van der Waals surface area contributed by atoms with Gasteiger partial charge in [0.05, 0.1) is 6.54 Å². The molecule has 0 radical (unpaired) electrons. The van der Waals surface area contributed by atoms with Crippen molar-refractivity contribution in [2.75, 3.05) is 24.5 Å². The molecular formula is C16H16F2N4O2. The third kappa shape index (κ3) is 3.12. The van der Waals surface area contributed by atoms with Crippen LogP contribution in [0.4, 0.5) is 14.6 Å². The van der Waals surface area contributed by atoms with Crippen LogP contribution < -0.4 is 10.5 Å². The van der Waals surface area contributed by atoms with Gasteiger partial charge in [-0.05, 0) is 6.07 Å². The summed E-state index contributed by atoms with van der Waals surface area (Å²) in [4.78, 5) is 31.5. The molecule has 0 aliphatic carbocycles. The van der Waals surface area contributed by atoms with Crippen LogP contribution in [-0.2, 0) is 18.4 Å². The van der Waals surface area contributed by atoms with Crippen molar-refractivity contribution in [1.82, 2.24) is 14.5 Å². The molecule has 3 rings (SSSR count). The van der Waals surface area contributed by atoms with Crippen molar-refractivity contribution in [2.24, 2.45) is 7.05 Å². The van der Waals surface area contributed by atoms with Gasteiger partial charge in [-0.1, -0.05) is 6.07 Å². The Bertz CT molecular complexity index is 837. The second-order valence-electron chi connectivity index (χ2n) is 5.64. The maximum absolute atomic E-state index is 13.7. The van der Waals surface area contributed by atoms with Gasteiger partial charge in [-0.3, -0.25) is 9.59 Å². The number of hydrogen-bond acceptors (Lipinski definition) is 4. The molecule has 2 aromatic rings. The molecule has 0 N–H and O–H groups in total. The van der Waals surface area contributed by atoms with Gasteiger partial charge in [-0.15, -0.1) is 0 Å². The predicted molar refractivity (Wildman–Crippen MR) is 83.5 cm³/mol. The van der Waals surface area contributed by atoms with Crippen LogP contribution in [0.15, 0.2) is 35.4 Å². The van der Waals surface area contributed by atoms with E-state index in [1.54, 1.807) is 18.1 Å². The lowest BCUT2D eigenvalue weighted by Gasteiger charge is -2.34. The fourth-order valence-electron chi connectivity index (χ4n) is 2.61. The molecule has 126 valence electrons. The Morgan fingerprint density at radius 1 is 1.21 bits per heavy atom. The molecule has 1 aliphatic heterocycles. The van der Waals surface area contributed by atoms with Crippen molar-refractivity contribution >= 4 is 11.7 Å². The zero-order chi connectivity index (χ0) is 17.3. The Kier molecular flexibility index (Phi) is 4.28. The van der Waals surface area contributed by atoms with E-state index in [-0.39, 0.29) is 35.9 Å². The van der Waals surface area contributed by atoms with Crippen LogP contribution in [0.3, 0.4) is 0 Å². The molecule has 1 fully saturated rings. The van der Waals surface area contributed by atoms with Crippen LogP contribution >= 0.6 is 0 Å². The first-order valence-electron chi connectivity index (χ1n) is 7.44. The second kappa shape index (κ2) is 6.38. The van der Waals surface area contributed by atoms with Crippen molar-refractivity contribution in [3.8, 4) is 0 Å². The lowest BCUT2D eigenvalue weighted by Crippen LogP contribution is -2.51. The number of aromatic nitrogens is 2. The highest BCUT2D eigenvalue weighted by molar-refractivity contribution is 5.82. The van der Waals surface area contributed by atoms with Crippen LogP contribution in [0.25, 0.3) is 0 Å². The van der Waals surface area contributed by atoms with E-state index in [1.165, 1.54) is 21.7 Å². The van der Waals surface area contributed by atoms with Gasteiger partial charge in [-0.25, -0.2) is 13.8 Å². The average molecular weight is 334 g/mol. The van der Waals surface area contributed by atoms with E-state index in [1.807, 2.05) is 0 Å². The number of rotatable bonds is 3. The highest BCUT2D eigenvalue weighted by Crippen LogP contribution is 2.16. The summed E-state index contributed by atoms with van der Waals surface area (Å²) in [5.74, 6) is -1.35. The van der Waals surface area contributed by atoms with Gasteiger partial charge in [0.2, 0.25) is 5.91 Å². The van der Waals surface area contributed by atoms with Crippen molar-refractivity contribution in [1.29, 1.82) is 0 Å². The minimum absolute atomic E-state index is 0.00489. The quantitative estimate of drug-likeness (QED) is 0.837. The molecule has 1 saturated heterocycles. The van der Waals surface area contributed by atoms with E-state index in [0.29, 0.717) is 13.1 Å². The summed E-state index contributed by atoms with van der Waals surface area (Å²) in [5.41, 5.74) is -0.0183. The minimum atomic E-state index is -0.677. The molecule has 6 nitrogen and oxygen atoms in total. The van der Waals surface area contributed by atoms with Crippen LogP contribution in [0.5, 0.6) is 0 Å². The Morgan fingerprint density at radius 3 is 2.71 bits per heavy atom. The monoisotopic (exact) mass is 334 g/mol. The second-order valence-corrected chi connectivity index (χ2v) is 5.64. The number of amides is 1. The molecule has 0 saturated carbocycles. The number of nitrogens with zero attached hydrogens (tertiary/aromatic N) is 4. The summed E-state index contributed by atoms with van der Waals surface area (Å²) >= 11 is 0. The minimum Gasteiger partial charge on any atom is -0.341 e. The topological polar surface area (TPSA) is 58.4 Å². The summed E-state index contributed by atoms with van der Waals surface area (Å²) < 4.78 is 28.1. The standard InChI is InChI=1S/C16H16F2N4O2/c1-20-5-4-19-15(16(20)24)22-7-6-21(14(23)10-22)9-11-2-3-12(17)8-13(11)18/h2-5,8H,6-7,9-10H2,1H3. The van der Waals surface area contributed by atoms with Crippen molar-refractivity contribution < 1.29 is 13.6 Å². The first-order chi connectivity index (χ1) is 11.5. The summed E-state index contributed by atoms with van der Waals surface area (Å²) in [5, 5.41) is 0. The fraction of sp³-hybridized carbons (Fsp3) is 0.312. The third-order valence-electron chi connectivity index (χ3n) is 3.99. The number of hydrogen-bond donors (Lipinski definition) is 0. The smallest absolute Gasteiger partial charge is 0.293 e. The Morgan fingerprint density at radius 2 is 2.00 bits per heavy atom. The fourth-order valence-corrected chi connectivity index (χ4v) is 2.61. The number of carbonyl (C=O) groups excluding carboxylic acids is 1. The molecule has 1 aromatic carbocycles. The van der Waals surface area contributed by atoms with Gasteiger partial charge < -0.3 is 14.4 Å². The van der Waals surface area contributed by atoms with Crippen LogP contribution in [-0.4, -0.2) is 40.0 Å². The summed E-state index contributed by atoms with van der Waals surface area (Å²) in [6, 6.07) is 3.29. The maximum Gasteiger partial charge on any atom is 0.293 e. The number of halogens is 2. The average Bonchev–Trinajstić information content (AvgIpc) is 2.54. The van der Waals surface area contributed by atoms with E-state index in [4.69, 9.17) is 0 Å². The molecule has 1 aromatic heterocycles. The van der Waals surface area contributed by atoms with E-state index in [9.17, 15) is 18.4 Å². The number of aryl methyl sites for hydroxylation is 1. The molecule has 1 amide bonds. The summed E-state index contributed by atoms with van der Waals surface area (Å²) in [7, 11) is 1.61. The third-order valence-corrected chi connectivity index (χ3v) is 3.99. The first-order valence-corrected chi connectivity index (χ1v) is 7.44. The zero-order valence-corrected chi connectivity index (χ0v) is 13.1.